The van der Waals surface area contributed by atoms with Crippen molar-refractivity contribution in [1.29, 1.82) is 0 Å². The predicted molar refractivity (Wildman–Crippen MR) is 65.4 cm³/mol. The number of carboxylic acids is 1. The zero-order valence-electron chi connectivity index (χ0n) is 10.5. The average Bonchev–Trinajstić information content (AvgIpc) is 2.26. The number of amides is 1. The molecule has 0 aromatic carbocycles. The van der Waals surface area contributed by atoms with Crippen molar-refractivity contribution in [3.8, 4) is 0 Å². The lowest BCUT2D eigenvalue weighted by Crippen LogP contribution is -2.48. The van der Waals surface area contributed by atoms with Gasteiger partial charge in [0.05, 0.1) is 17.8 Å². The molecule has 0 spiro atoms. The third kappa shape index (κ3) is 8.04. The molecule has 6 heteroatoms. The molecular formula is C11H20NO4S-. The molecule has 0 aliphatic rings. The minimum absolute atomic E-state index is 0.0710. The second-order valence-corrected chi connectivity index (χ2v) is 4.85. The Morgan fingerprint density at radius 3 is 2.53 bits per heavy atom. The SMILES string of the molecule is CCCC(NC(=O)CSC(C)OCC)C(=O)[O-]. The van der Waals surface area contributed by atoms with Crippen LogP contribution in [-0.4, -0.2) is 35.7 Å². The minimum atomic E-state index is -1.23. The van der Waals surface area contributed by atoms with Crippen LogP contribution in [0.5, 0.6) is 0 Å². The molecule has 0 heterocycles. The van der Waals surface area contributed by atoms with Crippen LogP contribution in [0.3, 0.4) is 0 Å². The van der Waals surface area contributed by atoms with Crippen molar-refractivity contribution in [2.45, 2.75) is 45.1 Å². The highest BCUT2D eigenvalue weighted by atomic mass is 32.2. The summed E-state index contributed by atoms with van der Waals surface area (Å²) in [5.41, 5.74) is -0.0710. The van der Waals surface area contributed by atoms with Crippen molar-refractivity contribution in [3.05, 3.63) is 0 Å². The second kappa shape index (κ2) is 9.30. The van der Waals surface area contributed by atoms with Gasteiger partial charge >= 0.3 is 0 Å². The first-order valence-electron chi connectivity index (χ1n) is 5.74. The van der Waals surface area contributed by atoms with Gasteiger partial charge in [-0.2, -0.15) is 0 Å². The van der Waals surface area contributed by atoms with Crippen molar-refractivity contribution in [2.75, 3.05) is 12.4 Å². The van der Waals surface area contributed by atoms with Crippen LogP contribution in [0.4, 0.5) is 0 Å². The Hall–Kier alpha value is -0.750. The molecule has 0 radical (unpaired) electrons. The van der Waals surface area contributed by atoms with E-state index in [0.717, 1.165) is 0 Å². The van der Waals surface area contributed by atoms with E-state index in [-0.39, 0.29) is 17.1 Å². The number of hydrogen-bond donors (Lipinski definition) is 1. The first-order chi connectivity index (χ1) is 8.01. The number of aliphatic carboxylic acids is 1. The molecule has 0 aromatic heterocycles. The Morgan fingerprint density at radius 1 is 1.41 bits per heavy atom. The van der Waals surface area contributed by atoms with Crippen LogP contribution in [-0.2, 0) is 14.3 Å². The monoisotopic (exact) mass is 262 g/mol. The molecule has 0 saturated heterocycles. The quantitative estimate of drug-likeness (QED) is 0.598. The summed E-state index contributed by atoms with van der Waals surface area (Å²) in [6.45, 7) is 6.18. The van der Waals surface area contributed by atoms with Crippen LogP contribution in [0.25, 0.3) is 0 Å². The third-order valence-corrected chi connectivity index (χ3v) is 3.08. The summed E-state index contributed by atoms with van der Waals surface area (Å²) in [4.78, 5) is 22.2. The van der Waals surface area contributed by atoms with E-state index in [1.807, 2.05) is 20.8 Å². The maximum absolute atomic E-state index is 11.5. The molecule has 0 aliphatic carbocycles. The summed E-state index contributed by atoms with van der Waals surface area (Å²) in [5, 5.41) is 13.1. The van der Waals surface area contributed by atoms with E-state index in [2.05, 4.69) is 5.32 Å². The van der Waals surface area contributed by atoms with E-state index in [9.17, 15) is 14.7 Å². The van der Waals surface area contributed by atoms with Crippen molar-refractivity contribution >= 4 is 23.6 Å². The lowest BCUT2D eigenvalue weighted by atomic mass is 10.2. The lowest BCUT2D eigenvalue weighted by molar-refractivity contribution is -0.308. The summed E-state index contributed by atoms with van der Waals surface area (Å²) < 4.78 is 5.25. The minimum Gasteiger partial charge on any atom is -0.548 e. The van der Waals surface area contributed by atoms with Gasteiger partial charge in [-0.05, 0) is 20.3 Å². The fourth-order valence-corrected chi connectivity index (χ4v) is 1.95. The number of carbonyl (C=O) groups is 2. The van der Waals surface area contributed by atoms with E-state index < -0.39 is 12.0 Å². The Bertz CT molecular complexity index is 248. The molecular weight excluding hydrogens is 242 g/mol. The molecule has 0 fully saturated rings. The Labute approximate surface area is 106 Å². The molecule has 2 unspecified atom stereocenters. The molecule has 0 bridgehead atoms. The normalized spacial score (nSPS) is 14.1. The van der Waals surface area contributed by atoms with Gasteiger partial charge in [0.15, 0.2) is 0 Å². The number of carbonyl (C=O) groups excluding carboxylic acids is 2. The van der Waals surface area contributed by atoms with Gasteiger partial charge in [0.25, 0.3) is 0 Å². The van der Waals surface area contributed by atoms with Crippen LogP contribution in [0.15, 0.2) is 0 Å². The fraction of sp³-hybridized carbons (Fsp3) is 0.818. The van der Waals surface area contributed by atoms with Gasteiger partial charge in [0, 0.05) is 6.61 Å². The van der Waals surface area contributed by atoms with Crippen LogP contribution in [0, 0.1) is 0 Å². The van der Waals surface area contributed by atoms with Crippen LogP contribution in [0.2, 0.25) is 0 Å². The van der Waals surface area contributed by atoms with Crippen LogP contribution >= 0.6 is 11.8 Å². The summed E-state index contributed by atoms with van der Waals surface area (Å²) in [7, 11) is 0. The number of carboxylic acid groups (broad SMARTS) is 1. The standard InChI is InChI=1S/C11H21NO4S/c1-4-6-9(11(14)15)12-10(13)7-17-8(3)16-5-2/h8-9H,4-7H2,1-3H3,(H,12,13)(H,14,15)/p-1. The zero-order valence-corrected chi connectivity index (χ0v) is 11.3. The first kappa shape index (κ1) is 16.2. The van der Waals surface area contributed by atoms with E-state index in [4.69, 9.17) is 4.74 Å². The number of thioether (sulfide) groups is 1. The van der Waals surface area contributed by atoms with Crippen molar-refractivity contribution < 1.29 is 19.4 Å². The highest BCUT2D eigenvalue weighted by molar-refractivity contribution is 8.00. The van der Waals surface area contributed by atoms with Crippen LogP contribution in [0.1, 0.15) is 33.6 Å². The van der Waals surface area contributed by atoms with E-state index in [1.165, 1.54) is 11.8 Å². The molecule has 0 saturated carbocycles. The summed E-state index contributed by atoms with van der Waals surface area (Å²) >= 11 is 1.33. The molecule has 0 aliphatic heterocycles. The van der Waals surface area contributed by atoms with Gasteiger partial charge < -0.3 is 20.0 Å². The van der Waals surface area contributed by atoms with Gasteiger partial charge in [-0.1, -0.05) is 13.3 Å². The van der Waals surface area contributed by atoms with Crippen molar-refractivity contribution in [3.63, 3.8) is 0 Å². The predicted octanol–water partition coefficient (Wildman–Crippen LogP) is 0.137. The summed E-state index contributed by atoms with van der Waals surface area (Å²) in [6, 6.07) is -0.893. The number of ether oxygens (including phenoxy) is 1. The Kier molecular flexibility index (Phi) is 8.89. The molecule has 100 valence electrons. The highest BCUT2D eigenvalue weighted by Crippen LogP contribution is 2.11. The Balaban J connectivity index is 3.93. The van der Waals surface area contributed by atoms with E-state index in [0.29, 0.717) is 19.4 Å². The van der Waals surface area contributed by atoms with E-state index >= 15 is 0 Å². The van der Waals surface area contributed by atoms with Gasteiger partial charge in [0.2, 0.25) is 5.91 Å². The number of nitrogens with one attached hydrogen (secondary N) is 1. The maximum Gasteiger partial charge on any atom is 0.230 e. The maximum atomic E-state index is 11.5. The first-order valence-corrected chi connectivity index (χ1v) is 6.79. The van der Waals surface area contributed by atoms with Crippen molar-refractivity contribution in [1.82, 2.24) is 5.32 Å². The fourth-order valence-electron chi connectivity index (χ4n) is 1.25. The van der Waals surface area contributed by atoms with Crippen molar-refractivity contribution in [2.24, 2.45) is 0 Å². The average molecular weight is 262 g/mol. The molecule has 0 rings (SSSR count). The number of hydrogen-bond acceptors (Lipinski definition) is 5. The zero-order chi connectivity index (χ0) is 13.3. The molecule has 2 atom stereocenters. The number of rotatable bonds is 9. The molecule has 5 nitrogen and oxygen atoms in total. The molecule has 1 N–H and O–H groups in total. The second-order valence-electron chi connectivity index (χ2n) is 3.56. The summed E-state index contributed by atoms with van der Waals surface area (Å²) in [6.07, 6.45) is 1.07. The smallest absolute Gasteiger partial charge is 0.230 e. The van der Waals surface area contributed by atoms with Crippen LogP contribution < -0.4 is 10.4 Å². The lowest BCUT2D eigenvalue weighted by Gasteiger charge is -2.19. The van der Waals surface area contributed by atoms with E-state index in [1.54, 1.807) is 0 Å². The summed E-state index contributed by atoms with van der Waals surface area (Å²) in [5.74, 6) is -1.35. The van der Waals surface area contributed by atoms with Gasteiger partial charge in [0.1, 0.15) is 5.44 Å². The molecule has 17 heavy (non-hydrogen) atoms. The largest absolute Gasteiger partial charge is 0.548 e. The molecule has 1 amide bonds. The highest BCUT2D eigenvalue weighted by Gasteiger charge is 2.13. The molecule has 0 aromatic rings. The van der Waals surface area contributed by atoms with Gasteiger partial charge in [-0.15, -0.1) is 11.8 Å². The third-order valence-electron chi connectivity index (χ3n) is 2.05. The Morgan fingerprint density at radius 2 is 2.06 bits per heavy atom. The van der Waals surface area contributed by atoms with Gasteiger partial charge in [-0.25, -0.2) is 0 Å². The van der Waals surface area contributed by atoms with Gasteiger partial charge in [-0.3, -0.25) is 4.79 Å². The topological polar surface area (TPSA) is 78.5 Å².